The van der Waals surface area contributed by atoms with Gasteiger partial charge in [0.15, 0.2) is 0 Å². The molecule has 28 heavy (non-hydrogen) atoms. The van der Waals surface area contributed by atoms with Gasteiger partial charge in [-0.05, 0) is 55.1 Å². The highest BCUT2D eigenvalue weighted by molar-refractivity contribution is 9.10. The number of aromatic amines is 1. The predicted molar refractivity (Wildman–Crippen MR) is 119 cm³/mol. The molecule has 0 amide bonds. The van der Waals surface area contributed by atoms with Crippen molar-refractivity contribution in [3.05, 3.63) is 52.9 Å². The topological polar surface area (TPSA) is 67.9 Å². The maximum absolute atomic E-state index is 12.6. The molecule has 1 N–H and O–H groups in total. The molecule has 0 spiro atoms. The van der Waals surface area contributed by atoms with E-state index >= 15 is 0 Å². The van der Waals surface area contributed by atoms with Crippen molar-refractivity contribution < 1.29 is 4.55 Å². The molecule has 1 aliphatic carbocycles. The Hall–Kier alpha value is -1.57. The molecule has 0 aliphatic heterocycles. The van der Waals surface area contributed by atoms with Crippen LogP contribution in [-0.2, 0) is 16.9 Å². The van der Waals surface area contributed by atoms with Crippen molar-refractivity contribution in [2.75, 3.05) is 17.7 Å². The van der Waals surface area contributed by atoms with Gasteiger partial charge >= 0.3 is 0 Å². The molecule has 0 saturated heterocycles. The van der Waals surface area contributed by atoms with Crippen LogP contribution >= 0.6 is 15.9 Å². The Morgan fingerprint density at radius 3 is 2.64 bits per heavy atom. The Kier molecular flexibility index (Phi) is 6.23. The van der Waals surface area contributed by atoms with E-state index < -0.39 is 11.2 Å². The summed E-state index contributed by atoms with van der Waals surface area (Å²) in [7, 11) is 2.13. The van der Waals surface area contributed by atoms with Gasteiger partial charge in [0.1, 0.15) is 29.3 Å². The number of nitrogens with zero attached hydrogens (tertiary/aromatic N) is 3. The number of aromatic nitrogens is 3. The zero-order valence-electron chi connectivity index (χ0n) is 16.0. The van der Waals surface area contributed by atoms with E-state index in [9.17, 15) is 4.55 Å². The molecule has 1 saturated carbocycles. The largest absolute Gasteiger partial charge is 0.616 e. The Morgan fingerprint density at radius 1 is 1.14 bits per heavy atom. The summed E-state index contributed by atoms with van der Waals surface area (Å²) >= 11 is 2.65. The lowest BCUT2D eigenvalue weighted by Gasteiger charge is -2.35. The van der Waals surface area contributed by atoms with Gasteiger partial charge in [-0.1, -0.05) is 28.1 Å². The number of rotatable bonds is 6. The smallest absolute Gasteiger partial charge is 0.142 e. The number of nitrogens with one attached hydrogen (secondary N) is 1. The van der Waals surface area contributed by atoms with Crippen LogP contribution in [0.1, 0.15) is 31.2 Å². The van der Waals surface area contributed by atoms with Gasteiger partial charge in [-0.2, -0.15) is 0 Å². The van der Waals surface area contributed by atoms with Crippen molar-refractivity contribution in [1.29, 1.82) is 0 Å². The Balaban J connectivity index is 1.30. The lowest BCUT2D eigenvalue weighted by atomic mass is 9.86. The molecule has 1 atom stereocenters. The van der Waals surface area contributed by atoms with Gasteiger partial charge in [-0.15, -0.1) is 0 Å². The fourth-order valence-corrected chi connectivity index (χ4v) is 5.91. The van der Waals surface area contributed by atoms with Gasteiger partial charge in [-0.25, -0.2) is 9.97 Å². The van der Waals surface area contributed by atoms with Gasteiger partial charge in [-0.3, -0.25) is 0 Å². The summed E-state index contributed by atoms with van der Waals surface area (Å²) in [6, 6.07) is 10.7. The summed E-state index contributed by atoms with van der Waals surface area (Å²) in [4.78, 5) is 14.3. The molecule has 1 aromatic carbocycles. The fraction of sp³-hybridized carbons (Fsp3) is 0.429. The average molecular weight is 461 g/mol. The average Bonchev–Trinajstić information content (AvgIpc) is 3.19. The third-order valence-electron chi connectivity index (χ3n) is 5.69. The number of H-pyrrole nitrogens is 1. The fourth-order valence-electron chi connectivity index (χ4n) is 4.10. The number of halogens is 1. The Morgan fingerprint density at radius 2 is 1.89 bits per heavy atom. The van der Waals surface area contributed by atoms with E-state index in [0.29, 0.717) is 17.7 Å². The molecule has 0 radical (unpaired) electrons. The van der Waals surface area contributed by atoms with E-state index in [1.165, 1.54) is 0 Å². The second kappa shape index (κ2) is 8.84. The first-order valence-electron chi connectivity index (χ1n) is 9.70. The second-order valence-electron chi connectivity index (χ2n) is 7.60. The molecule has 2 heterocycles. The quantitative estimate of drug-likeness (QED) is 0.542. The zero-order chi connectivity index (χ0) is 19.5. The van der Waals surface area contributed by atoms with Gasteiger partial charge in [0.2, 0.25) is 0 Å². The van der Waals surface area contributed by atoms with E-state index in [-0.39, 0.29) is 0 Å². The van der Waals surface area contributed by atoms with Crippen molar-refractivity contribution in [3.63, 3.8) is 0 Å². The lowest BCUT2D eigenvalue weighted by molar-refractivity contribution is 0.340. The van der Waals surface area contributed by atoms with Crippen LogP contribution in [0.3, 0.4) is 0 Å². The number of anilines is 1. The summed E-state index contributed by atoms with van der Waals surface area (Å²) < 4.78 is 13.6. The van der Waals surface area contributed by atoms with E-state index in [0.717, 1.165) is 58.3 Å². The highest BCUT2D eigenvalue weighted by Gasteiger charge is 2.28. The molecule has 4 rings (SSSR count). The molecular formula is C21H25BrN4OS. The SMILES string of the molecule is CN(c1ncnc2[nH]ccc12)C1CCC(C[S+]([O-])Cc2ccc(Br)cc2)CC1. The van der Waals surface area contributed by atoms with Crippen molar-refractivity contribution in [1.82, 2.24) is 15.0 Å². The van der Waals surface area contributed by atoms with Crippen LogP contribution in [0.4, 0.5) is 5.82 Å². The van der Waals surface area contributed by atoms with Crippen LogP contribution in [-0.4, -0.2) is 38.3 Å². The molecule has 148 valence electrons. The molecule has 0 bridgehead atoms. The summed E-state index contributed by atoms with van der Waals surface area (Å²) in [5, 5.41) is 1.07. The highest BCUT2D eigenvalue weighted by Crippen LogP contribution is 2.32. The van der Waals surface area contributed by atoms with Crippen LogP contribution in [0.2, 0.25) is 0 Å². The molecular weight excluding hydrogens is 436 g/mol. The predicted octanol–water partition coefficient (Wildman–Crippen LogP) is 4.66. The second-order valence-corrected chi connectivity index (χ2v) is 10.0. The van der Waals surface area contributed by atoms with Crippen molar-refractivity contribution >= 4 is 44.0 Å². The van der Waals surface area contributed by atoms with Gasteiger partial charge in [0.05, 0.1) is 5.39 Å². The van der Waals surface area contributed by atoms with Crippen molar-refractivity contribution in [2.45, 2.75) is 37.5 Å². The summed E-state index contributed by atoms with van der Waals surface area (Å²) in [5.41, 5.74) is 2.03. The number of hydrogen-bond donors (Lipinski definition) is 1. The third kappa shape index (κ3) is 4.53. The monoisotopic (exact) mass is 460 g/mol. The first-order valence-corrected chi connectivity index (χ1v) is 12.0. The van der Waals surface area contributed by atoms with E-state index in [2.05, 4.69) is 55.0 Å². The molecule has 5 nitrogen and oxygen atoms in total. The first-order chi connectivity index (χ1) is 13.6. The van der Waals surface area contributed by atoms with E-state index in [4.69, 9.17) is 0 Å². The van der Waals surface area contributed by atoms with Crippen LogP contribution in [0.5, 0.6) is 0 Å². The minimum Gasteiger partial charge on any atom is -0.616 e. The minimum absolute atomic E-state index is 0.476. The minimum atomic E-state index is -0.800. The Bertz CT molecular complexity index is 908. The molecule has 1 unspecified atom stereocenters. The zero-order valence-corrected chi connectivity index (χ0v) is 18.4. The molecule has 7 heteroatoms. The normalized spacial score (nSPS) is 21.0. The van der Waals surface area contributed by atoms with E-state index in [1.807, 2.05) is 24.4 Å². The molecule has 3 aromatic rings. The number of fused-ring (bicyclic) bond motifs is 1. The lowest BCUT2D eigenvalue weighted by Crippen LogP contribution is -2.37. The van der Waals surface area contributed by atoms with Crippen molar-refractivity contribution in [3.8, 4) is 0 Å². The maximum atomic E-state index is 12.6. The van der Waals surface area contributed by atoms with Crippen LogP contribution in [0, 0.1) is 5.92 Å². The summed E-state index contributed by atoms with van der Waals surface area (Å²) in [6.07, 6.45) is 8.03. The third-order valence-corrected chi connectivity index (χ3v) is 7.72. The van der Waals surface area contributed by atoms with Gasteiger partial charge in [0.25, 0.3) is 0 Å². The molecule has 1 aliphatic rings. The maximum Gasteiger partial charge on any atom is 0.142 e. The summed E-state index contributed by atoms with van der Waals surface area (Å²) in [6.45, 7) is 0. The first kappa shape index (κ1) is 19.7. The summed E-state index contributed by atoms with van der Waals surface area (Å²) in [5.74, 6) is 3.01. The standard InChI is InChI=1S/C21H25BrN4OS/c1-26(21-19-10-11-23-20(19)24-14-25-21)18-8-4-16(5-9-18)13-28(27)12-15-2-6-17(22)7-3-15/h2-3,6-7,10-11,14,16,18H,4-5,8-9,12-13H2,1H3,(H,23,24,25). The number of hydrogen-bond acceptors (Lipinski definition) is 4. The van der Waals surface area contributed by atoms with Crippen LogP contribution < -0.4 is 4.90 Å². The van der Waals surface area contributed by atoms with Gasteiger partial charge < -0.3 is 14.4 Å². The van der Waals surface area contributed by atoms with Crippen LogP contribution in [0.25, 0.3) is 11.0 Å². The number of benzene rings is 1. The van der Waals surface area contributed by atoms with Gasteiger partial charge in [0, 0.05) is 35.2 Å². The van der Waals surface area contributed by atoms with E-state index in [1.54, 1.807) is 6.33 Å². The molecule has 2 aromatic heterocycles. The molecule has 1 fully saturated rings. The Labute approximate surface area is 177 Å². The van der Waals surface area contributed by atoms with Crippen LogP contribution in [0.15, 0.2) is 47.3 Å². The highest BCUT2D eigenvalue weighted by atomic mass is 79.9. The van der Waals surface area contributed by atoms with Crippen molar-refractivity contribution in [2.24, 2.45) is 5.92 Å².